The Morgan fingerprint density at radius 2 is 0.606 bits per heavy atom. The highest BCUT2D eigenvalue weighted by Gasteiger charge is 2.16. The predicted molar refractivity (Wildman–Crippen MR) is 311 cm³/mol. The molecule has 0 radical (unpaired) electrons. The molecule has 0 saturated carbocycles. The molecule has 0 heterocycles. The maximum Gasteiger partial charge on any atom is 0.306 e. The predicted octanol–water partition coefficient (Wildman–Crippen LogP) is 21.1. The molecular weight excluding hydrogens is 873 g/mol. The van der Waals surface area contributed by atoms with E-state index in [0.717, 1.165) is 77.0 Å². The summed E-state index contributed by atoms with van der Waals surface area (Å²) in [6.07, 6.45) is 84.9. The highest BCUT2D eigenvalue weighted by atomic mass is 16.6. The van der Waals surface area contributed by atoms with Crippen LogP contribution in [-0.2, 0) is 19.1 Å². The van der Waals surface area contributed by atoms with E-state index < -0.39 is 6.10 Å². The normalized spacial score (nSPS) is 12.7. The SMILES string of the molecule is CC/C=C\C/C=C\C/C=C\C/C=C\CCCCCCCCCCCCCCCCCCCCCCCCCCCCCCC(=O)OC(CO)COC(=O)CCCCCCC/C=C\C/C=C\CCCCCC. The Labute approximate surface area is 442 Å². The summed E-state index contributed by atoms with van der Waals surface area (Å²) in [7, 11) is 0. The molecule has 0 aliphatic carbocycles. The van der Waals surface area contributed by atoms with Crippen molar-refractivity contribution < 1.29 is 24.2 Å². The Hall–Kier alpha value is -2.66. The van der Waals surface area contributed by atoms with Gasteiger partial charge in [-0.3, -0.25) is 9.59 Å². The second kappa shape index (κ2) is 61.6. The maximum absolute atomic E-state index is 12.3. The van der Waals surface area contributed by atoms with Gasteiger partial charge in [-0.15, -0.1) is 0 Å². The number of aliphatic hydroxyl groups is 1. The van der Waals surface area contributed by atoms with E-state index in [-0.39, 0.29) is 25.2 Å². The van der Waals surface area contributed by atoms with Gasteiger partial charge < -0.3 is 14.6 Å². The number of hydrogen-bond donors (Lipinski definition) is 1. The summed E-state index contributed by atoms with van der Waals surface area (Å²) in [5.74, 6) is -0.594. The van der Waals surface area contributed by atoms with Gasteiger partial charge in [-0.1, -0.05) is 292 Å². The lowest BCUT2D eigenvalue weighted by Gasteiger charge is -2.15. The maximum atomic E-state index is 12.3. The van der Waals surface area contributed by atoms with Crippen LogP contribution < -0.4 is 0 Å². The summed E-state index contributed by atoms with van der Waals surface area (Å²) < 4.78 is 10.7. The third-order valence-electron chi connectivity index (χ3n) is 13.7. The molecule has 0 aromatic rings. The molecule has 5 nitrogen and oxygen atoms in total. The Kier molecular flexibility index (Phi) is 59.3. The Morgan fingerprint density at radius 1 is 0.338 bits per heavy atom. The van der Waals surface area contributed by atoms with Crippen LogP contribution in [0.25, 0.3) is 0 Å². The number of carbonyl (C=O) groups is 2. The molecular formula is C66H118O5. The van der Waals surface area contributed by atoms with Gasteiger partial charge in [-0.2, -0.15) is 0 Å². The monoisotopic (exact) mass is 991 g/mol. The Morgan fingerprint density at radius 3 is 0.915 bits per heavy atom. The molecule has 0 aliphatic heterocycles. The molecule has 0 saturated heterocycles. The number of hydrogen-bond acceptors (Lipinski definition) is 5. The second-order valence-corrected chi connectivity index (χ2v) is 20.8. The fraction of sp³-hybridized carbons (Fsp3) is 0.788. The smallest absolute Gasteiger partial charge is 0.306 e. The first-order valence-corrected chi connectivity index (χ1v) is 31.0. The quantitative estimate of drug-likeness (QED) is 0.0373. The number of aliphatic hydroxyl groups excluding tert-OH is 1. The van der Waals surface area contributed by atoms with Crippen molar-refractivity contribution in [2.75, 3.05) is 13.2 Å². The average Bonchev–Trinajstić information content (AvgIpc) is 3.37. The van der Waals surface area contributed by atoms with Crippen molar-refractivity contribution in [3.8, 4) is 0 Å². The highest BCUT2D eigenvalue weighted by Crippen LogP contribution is 2.18. The fourth-order valence-electron chi connectivity index (χ4n) is 9.11. The molecule has 0 rings (SSSR count). The van der Waals surface area contributed by atoms with Gasteiger partial charge in [0.1, 0.15) is 6.61 Å². The van der Waals surface area contributed by atoms with Gasteiger partial charge in [-0.05, 0) is 83.5 Å². The van der Waals surface area contributed by atoms with Gasteiger partial charge in [0.15, 0.2) is 6.10 Å². The minimum Gasteiger partial charge on any atom is -0.462 e. The molecule has 71 heavy (non-hydrogen) atoms. The van der Waals surface area contributed by atoms with E-state index in [0.29, 0.717) is 12.8 Å². The zero-order valence-corrected chi connectivity index (χ0v) is 47.2. The van der Waals surface area contributed by atoms with Crippen molar-refractivity contribution in [1.29, 1.82) is 0 Å². The zero-order valence-electron chi connectivity index (χ0n) is 47.2. The van der Waals surface area contributed by atoms with E-state index in [4.69, 9.17) is 9.47 Å². The number of rotatable bonds is 57. The minimum absolute atomic E-state index is 0.0708. The highest BCUT2D eigenvalue weighted by molar-refractivity contribution is 5.70. The van der Waals surface area contributed by atoms with Crippen LogP contribution in [0.3, 0.4) is 0 Å². The summed E-state index contributed by atoms with van der Waals surface area (Å²) in [4.78, 5) is 24.5. The largest absolute Gasteiger partial charge is 0.462 e. The van der Waals surface area contributed by atoms with Crippen LogP contribution in [0.1, 0.15) is 316 Å². The van der Waals surface area contributed by atoms with Crippen molar-refractivity contribution in [1.82, 2.24) is 0 Å². The van der Waals surface area contributed by atoms with Gasteiger partial charge in [0.05, 0.1) is 6.61 Å². The molecule has 0 spiro atoms. The van der Waals surface area contributed by atoms with Crippen molar-refractivity contribution in [3.05, 3.63) is 72.9 Å². The summed E-state index contributed by atoms with van der Waals surface area (Å²) in [6, 6.07) is 0. The van der Waals surface area contributed by atoms with Gasteiger partial charge in [0, 0.05) is 12.8 Å². The van der Waals surface area contributed by atoms with Crippen LogP contribution >= 0.6 is 0 Å². The number of unbranched alkanes of at least 4 members (excludes halogenated alkanes) is 37. The Bertz CT molecular complexity index is 1260. The van der Waals surface area contributed by atoms with Crippen molar-refractivity contribution in [3.63, 3.8) is 0 Å². The molecule has 0 bridgehead atoms. The van der Waals surface area contributed by atoms with E-state index >= 15 is 0 Å². The molecule has 1 N–H and O–H groups in total. The number of carbonyl (C=O) groups excluding carboxylic acids is 2. The van der Waals surface area contributed by atoms with Crippen LogP contribution in [0.15, 0.2) is 72.9 Å². The van der Waals surface area contributed by atoms with Crippen LogP contribution in [0.5, 0.6) is 0 Å². The first kappa shape index (κ1) is 68.3. The Balaban J connectivity index is 3.38. The van der Waals surface area contributed by atoms with E-state index in [1.807, 2.05) is 0 Å². The van der Waals surface area contributed by atoms with Crippen LogP contribution in [0, 0.1) is 0 Å². The van der Waals surface area contributed by atoms with Gasteiger partial charge in [0.2, 0.25) is 0 Å². The van der Waals surface area contributed by atoms with Crippen LogP contribution in [0.4, 0.5) is 0 Å². The van der Waals surface area contributed by atoms with Crippen LogP contribution in [-0.4, -0.2) is 36.4 Å². The third-order valence-corrected chi connectivity index (χ3v) is 13.7. The number of allylic oxidation sites excluding steroid dienone is 12. The first-order valence-electron chi connectivity index (χ1n) is 31.0. The summed E-state index contributed by atoms with van der Waals surface area (Å²) >= 11 is 0. The van der Waals surface area contributed by atoms with E-state index in [1.54, 1.807) is 0 Å². The van der Waals surface area contributed by atoms with Gasteiger partial charge >= 0.3 is 11.9 Å². The van der Waals surface area contributed by atoms with E-state index in [1.165, 1.54) is 212 Å². The van der Waals surface area contributed by atoms with Gasteiger partial charge in [-0.25, -0.2) is 0 Å². The number of ether oxygens (including phenoxy) is 2. The molecule has 1 atom stereocenters. The lowest BCUT2D eigenvalue weighted by Crippen LogP contribution is -2.28. The molecule has 1 unspecified atom stereocenters. The van der Waals surface area contributed by atoms with Crippen molar-refractivity contribution >= 4 is 11.9 Å². The number of esters is 2. The lowest BCUT2D eigenvalue weighted by molar-refractivity contribution is -0.161. The van der Waals surface area contributed by atoms with Gasteiger partial charge in [0.25, 0.3) is 0 Å². The molecule has 0 aromatic carbocycles. The first-order chi connectivity index (χ1) is 35.1. The molecule has 0 aliphatic rings. The average molecular weight is 992 g/mol. The fourth-order valence-corrected chi connectivity index (χ4v) is 9.11. The summed E-state index contributed by atoms with van der Waals surface area (Å²) in [5.41, 5.74) is 0. The zero-order chi connectivity index (χ0) is 51.3. The topological polar surface area (TPSA) is 72.8 Å². The molecule has 5 heteroatoms. The third kappa shape index (κ3) is 59.8. The van der Waals surface area contributed by atoms with Crippen molar-refractivity contribution in [2.45, 2.75) is 322 Å². The van der Waals surface area contributed by atoms with E-state index in [9.17, 15) is 14.7 Å². The lowest BCUT2D eigenvalue weighted by atomic mass is 10.0. The molecule has 0 fully saturated rings. The minimum atomic E-state index is -0.777. The van der Waals surface area contributed by atoms with E-state index in [2.05, 4.69) is 86.8 Å². The molecule has 0 aromatic heterocycles. The second-order valence-electron chi connectivity index (χ2n) is 20.8. The molecule has 412 valence electrons. The van der Waals surface area contributed by atoms with Crippen LogP contribution in [0.2, 0.25) is 0 Å². The van der Waals surface area contributed by atoms with Crippen molar-refractivity contribution in [2.24, 2.45) is 0 Å². The molecule has 0 amide bonds. The summed E-state index contributed by atoms with van der Waals surface area (Å²) in [5, 5.41) is 9.65. The standard InChI is InChI=1S/C66H118O5/c1-3-5-7-9-11-13-15-17-19-21-22-23-24-25-26-27-28-29-30-31-32-33-34-35-36-37-38-39-40-41-42-43-44-45-47-49-51-53-55-57-59-61-66(69)71-64(62-67)63-70-65(68)60-58-56-54-52-50-48-46-20-18-16-14-12-10-8-6-4-2/h5,7,11,13-14,16-17,19-20,22-23,46,64,67H,3-4,6,8-10,12,15,18,21,24-45,47-63H2,1-2H3/b7-5-,13-11-,16-14-,19-17-,23-22-,46-20-. The summed E-state index contributed by atoms with van der Waals surface area (Å²) in [6.45, 7) is 4.02.